The number of phenolic OH excluding ortho intramolecular Hbond substituents is 1. The Kier molecular flexibility index (Phi) is 5.36. The molecule has 1 aliphatic rings. The van der Waals surface area contributed by atoms with Gasteiger partial charge in [0.25, 0.3) is 0 Å². The second-order valence-corrected chi connectivity index (χ2v) is 8.59. The van der Waals surface area contributed by atoms with Crippen LogP contribution in [0.25, 0.3) is 38.7 Å². The molecule has 0 fully saturated rings. The predicted octanol–water partition coefficient (Wildman–Crippen LogP) is 5.64. The molecule has 0 amide bonds. The van der Waals surface area contributed by atoms with Crippen molar-refractivity contribution in [3.05, 3.63) is 82.4 Å². The zero-order valence-electron chi connectivity index (χ0n) is 19.4. The Morgan fingerprint density at radius 3 is 2.34 bits per heavy atom. The summed E-state index contributed by atoms with van der Waals surface area (Å²) >= 11 is 0. The third kappa shape index (κ3) is 3.54. The van der Waals surface area contributed by atoms with E-state index in [9.17, 15) is 19.5 Å². The molecule has 6 nitrogen and oxygen atoms in total. The van der Waals surface area contributed by atoms with Gasteiger partial charge in [-0.15, -0.1) is 0 Å². The van der Waals surface area contributed by atoms with E-state index < -0.39 is 11.9 Å². The highest BCUT2D eigenvalue weighted by Gasteiger charge is 2.25. The average molecular weight is 466 g/mol. The fraction of sp³-hybridized carbons (Fsp3) is 0.138. The number of methoxy groups -OCH3 is 2. The minimum atomic E-state index is -0.511. The van der Waals surface area contributed by atoms with Crippen molar-refractivity contribution < 1.29 is 29.0 Å². The number of fused-ring (bicyclic) bond motifs is 1. The number of benzene rings is 4. The number of aldehydes is 1. The van der Waals surface area contributed by atoms with Crippen molar-refractivity contribution in [3.8, 4) is 16.9 Å². The van der Waals surface area contributed by atoms with Crippen LogP contribution in [0.5, 0.6) is 5.75 Å². The molecule has 174 valence electrons. The van der Waals surface area contributed by atoms with Crippen LogP contribution in [0.2, 0.25) is 0 Å². The molecule has 0 spiro atoms. The van der Waals surface area contributed by atoms with Gasteiger partial charge < -0.3 is 14.6 Å². The minimum absolute atomic E-state index is 0.147. The molecule has 5 rings (SSSR count). The van der Waals surface area contributed by atoms with Gasteiger partial charge in [0, 0.05) is 11.5 Å². The summed E-state index contributed by atoms with van der Waals surface area (Å²) in [6.45, 7) is 1.90. The van der Waals surface area contributed by atoms with Crippen molar-refractivity contribution in [2.24, 2.45) is 0 Å². The van der Waals surface area contributed by atoms with Crippen LogP contribution in [0.4, 0.5) is 0 Å². The van der Waals surface area contributed by atoms with Crippen LogP contribution < -0.4 is 0 Å². The molecule has 0 heterocycles. The first kappa shape index (κ1) is 22.3. The van der Waals surface area contributed by atoms with Gasteiger partial charge in [-0.25, -0.2) is 9.59 Å². The molecule has 0 aromatic heterocycles. The lowest BCUT2D eigenvalue weighted by Gasteiger charge is -2.23. The monoisotopic (exact) mass is 466 g/mol. The van der Waals surface area contributed by atoms with E-state index in [0.717, 1.165) is 39.1 Å². The van der Waals surface area contributed by atoms with Crippen molar-refractivity contribution in [2.45, 2.75) is 12.8 Å². The molecule has 4 aromatic carbocycles. The van der Waals surface area contributed by atoms with E-state index in [2.05, 4.69) is 0 Å². The quantitative estimate of drug-likeness (QED) is 0.309. The highest BCUT2D eigenvalue weighted by Crippen LogP contribution is 2.44. The summed E-state index contributed by atoms with van der Waals surface area (Å²) in [7, 11) is 2.64. The molecular weight excluding hydrogens is 444 g/mol. The van der Waals surface area contributed by atoms with Crippen LogP contribution in [0.15, 0.2) is 60.2 Å². The van der Waals surface area contributed by atoms with E-state index in [1.807, 2.05) is 37.3 Å². The highest BCUT2D eigenvalue weighted by molar-refractivity contribution is 6.08. The fourth-order valence-electron chi connectivity index (χ4n) is 4.89. The molecule has 4 aromatic rings. The summed E-state index contributed by atoms with van der Waals surface area (Å²) in [4.78, 5) is 36.5. The molecule has 0 radical (unpaired) electrons. The average Bonchev–Trinajstić information content (AvgIpc) is 2.88. The van der Waals surface area contributed by atoms with Crippen LogP contribution in [0.3, 0.4) is 0 Å². The molecule has 1 N–H and O–H groups in total. The van der Waals surface area contributed by atoms with Crippen LogP contribution in [0.1, 0.15) is 44.7 Å². The molecule has 0 saturated heterocycles. The molecule has 0 aliphatic heterocycles. The standard InChI is InChI=1S/C29H22O6/c1-15-22(14-30)11-21-10-20(8-17-6-7-25(31)26(15)27(17)21)23-12-16-4-5-18(28(32)34-2)9-19(16)13-24(23)29(33)35-3/h4-15,31H,1-3H3. The second-order valence-electron chi connectivity index (χ2n) is 8.59. The Morgan fingerprint density at radius 2 is 1.63 bits per heavy atom. The maximum Gasteiger partial charge on any atom is 0.338 e. The molecule has 6 heteroatoms. The molecule has 1 atom stereocenters. The Balaban J connectivity index is 1.79. The number of allylic oxidation sites excluding steroid dienone is 1. The molecular formula is C29H22O6. The largest absolute Gasteiger partial charge is 0.508 e. The van der Waals surface area contributed by atoms with Crippen molar-refractivity contribution in [2.75, 3.05) is 14.2 Å². The molecule has 0 saturated carbocycles. The third-order valence-corrected chi connectivity index (χ3v) is 6.67. The number of phenols is 1. The van der Waals surface area contributed by atoms with Gasteiger partial charge in [0.2, 0.25) is 0 Å². The van der Waals surface area contributed by atoms with Gasteiger partial charge in [0.1, 0.15) is 12.0 Å². The van der Waals surface area contributed by atoms with Crippen molar-refractivity contribution in [1.82, 2.24) is 0 Å². The van der Waals surface area contributed by atoms with Gasteiger partial charge >= 0.3 is 11.9 Å². The maximum absolute atomic E-state index is 12.8. The first-order chi connectivity index (χ1) is 16.9. The number of esters is 2. The van der Waals surface area contributed by atoms with Crippen molar-refractivity contribution >= 4 is 45.8 Å². The lowest BCUT2D eigenvalue weighted by atomic mass is 9.80. The Bertz CT molecular complexity index is 1590. The van der Waals surface area contributed by atoms with E-state index >= 15 is 0 Å². The number of hydrogen-bond donors (Lipinski definition) is 1. The number of ether oxygens (including phenoxy) is 2. The maximum atomic E-state index is 12.8. The number of carbonyl (C=O) groups is 3. The fourth-order valence-corrected chi connectivity index (χ4v) is 4.89. The van der Waals surface area contributed by atoms with Gasteiger partial charge in [-0.3, -0.25) is 4.79 Å². The summed E-state index contributed by atoms with van der Waals surface area (Å²) in [6, 6.07) is 16.1. The van der Waals surface area contributed by atoms with E-state index in [0.29, 0.717) is 27.6 Å². The zero-order valence-corrected chi connectivity index (χ0v) is 19.4. The summed E-state index contributed by atoms with van der Waals surface area (Å²) in [5, 5.41) is 13.8. The van der Waals surface area contributed by atoms with E-state index in [-0.39, 0.29) is 11.7 Å². The molecule has 0 bridgehead atoms. The predicted molar refractivity (Wildman–Crippen MR) is 134 cm³/mol. The molecule has 35 heavy (non-hydrogen) atoms. The summed E-state index contributed by atoms with van der Waals surface area (Å²) < 4.78 is 9.88. The van der Waals surface area contributed by atoms with E-state index in [1.54, 1.807) is 30.3 Å². The van der Waals surface area contributed by atoms with Crippen LogP contribution in [-0.2, 0) is 14.3 Å². The lowest BCUT2D eigenvalue weighted by molar-refractivity contribution is -0.105. The Morgan fingerprint density at radius 1 is 0.886 bits per heavy atom. The number of aromatic hydroxyl groups is 1. The summed E-state index contributed by atoms with van der Waals surface area (Å²) in [6.07, 6.45) is 2.64. The van der Waals surface area contributed by atoms with Crippen LogP contribution >= 0.6 is 0 Å². The first-order valence-electron chi connectivity index (χ1n) is 11.1. The smallest absolute Gasteiger partial charge is 0.338 e. The third-order valence-electron chi connectivity index (χ3n) is 6.67. The van der Waals surface area contributed by atoms with Gasteiger partial charge in [-0.1, -0.05) is 19.1 Å². The first-order valence-corrected chi connectivity index (χ1v) is 11.1. The molecule has 1 aliphatic carbocycles. The van der Waals surface area contributed by atoms with E-state index in [1.165, 1.54) is 14.2 Å². The number of hydrogen-bond acceptors (Lipinski definition) is 6. The topological polar surface area (TPSA) is 89.9 Å². The normalized spacial score (nSPS) is 14.5. The van der Waals surface area contributed by atoms with Crippen LogP contribution in [-0.4, -0.2) is 37.6 Å². The van der Waals surface area contributed by atoms with E-state index in [4.69, 9.17) is 9.47 Å². The Hall–Kier alpha value is -4.45. The van der Waals surface area contributed by atoms with Gasteiger partial charge in [0.05, 0.1) is 25.3 Å². The number of carbonyl (C=O) groups excluding carboxylic acids is 3. The number of rotatable bonds is 4. The Labute approximate surface area is 201 Å². The zero-order chi connectivity index (χ0) is 24.9. The van der Waals surface area contributed by atoms with Crippen molar-refractivity contribution in [1.29, 1.82) is 0 Å². The minimum Gasteiger partial charge on any atom is -0.508 e. The second kappa shape index (κ2) is 8.40. The SMILES string of the molecule is COC(=O)c1ccc2cc(-c3cc4c5c(c(O)ccc5c3)C(C)C(C=O)=C4)c(C(=O)OC)cc2c1. The highest BCUT2D eigenvalue weighted by atomic mass is 16.5. The van der Waals surface area contributed by atoms with Crippen LogP contribution in [0, 0.1) is 0 Å². The lowest BCUT2D eigenvalue weighted by Crippen LogP contribution is -2.07. The van der Waals surface area contributed by atoms with Crippen molar-refractivity contribution in [3.63, 3.8) is 0 Å². The summed E-state index contributed by atoms with van der Waals surface area (Å²) in [5.41, 5.74) is 4.22. The van der Waals surface area contributed by atoms with Gasteiger partial charge in [-0.05, 0) is 92.3 Å². The van der Waals surface area contributed by atoms with Gasteiger partial charge in [0.15, 0.2) is 0 Å². The van der Waals surface area contributed by atoms with Gasteiger partial charge in [-0.2, -0.15) is 0 Å². The summed E-state index contributed by atoms with van der Waals surface area (Å²) in [5.74, 6) is -1.06. The molecule has 1 unspecified atom stereocenters.